The normalized spacial score (nSPS) is 18.9. The summed E-state index contributed by atoms with van der Waals surface area (Å²) in [6.07, 6.45) is 1.65. The highest BCUT2D eigenvalue weighted by Crippen LogP contribution is 2.23. The third-order valence-electron chi connectivity index (χ3n) is 1.81. The monoisotopic (exact) mass is 286 g/mol. The van der Waals surface area contributed by atoms with Crippen LogP contribution in [-0.4, -0.2) is 18.4 Å². The molecule has 4 nitrogen and oxygen atoms in total. The fourth-order valence-corrected chi connectivity index (χ4v) is 2.52. The molecule has 0 saturated carbocycles. The molecule has 2 rings (SSSR count). The first-order valence-electron chi connectivity index (χ1n) is 4.20. The molecule has 2 amide bonds. The Hall–Kier alpha value is -1.14. The predicted molar refractivity (Wildman–Crippen MR) is 61.1 cm³/mol. The van der Waals surface area contributed by atoms with Crippen molar-refractivity contribution in [2.45, 2.75) is 0 Å². The van der Waals surface area contributed by atoms with Gasteiger partial charge in [0.15, 0.2) is 0 Å². The van der Waals surface area contributed by atoms with Crippen LogP contribution >= 0.6 is 27.3 Å². The molecular weight excluding hydrogens is 280 g/mol. The number of halogens is 1. The Bertz CT molecular complexity index is 453. The molecule has 2 N–H and O–H groups in total. The quantitative estimate of drug-likeness (QED) is 0.760. The van der Waals surface area contributed by atoms with Gasteiger partial charge in [-0.05, 0) is 34.1 Å². The standard InChI is InChI=1S/C9H7BrN2O2S/c10-7-2-1-5(15-7)3-6-9(14)11-4-8(13)12-6/h1-3H,4H2,(H,11,14)(H,12,13). The van der Waals surface area contributed by atoms with E-state index in [1.165, 1.54) is 11.3 Å². The zero-order valence-electron chi connectivity index (χ0n) is 7.54. The van der Waals surface area contributed by atoms with Crippen LogP contribution in [-0.2, 0) is 9.59 Å². The Morgan fingerprint density at radius 2 is 2.20 bits per heavy atom. The Labute approximate surface area is 98.5 Å². The molecule has 0 bridgehead atoms. The van der Waals surface area contributed by atoms with E-state index in [1.54, 1.807) is 6.08 Å². The summed E-state index contributed by atoms with van der Waals surface area (Å²) >= 11 is 4.82. The zero-order valence-corrected chi connectivity index (χ0v) is 9.94. The van der Waals surface area contributed by atoms with Crippen molar-refractivity contribution in [3.05, 3.63) is 26.5 Å². The van der Waals surface area contributed by atoms with Gasteiger partial charge in [-0.15, -0.1) is 11.3 Å². The van der Waals surface area contributed by atoms with Crippen LogP contribution in [0, 0.1) is 0 Å². The summed E-state index contributed by atoms with van der Waals surface area (Å²) in [7, 11) is 0. The van der Waals surface area contributed by atoms with Gasteiger partial charge in [0, 0.05) is 4.88 Å². The maximum absolute atomic E-state index is 11.3. The van der Waals surface area contributed by atoms with Crippen LogP contribution in [0.25, 0.3) is 6.08 Å². The van der Waals surface area contributed by atoms with Gasteiger partial charge in [-0.25, -0.2) is 0 Å². The number of carbonyl (C=O) groups excluding carboxylic acids is 2. The average Bonchev–Trinajstić information content (AvgIpc) is 2.58. The minimum atomic E-state index is -0.251. The molecule has 15 heavy (non-hydrogen) atoms. The highest BCUT2D eigenvalue weighted by molar-refractivity contribution is 9.11. The fourth-order valence-electron chi connectivity index (χ4n) is 1.16. The molecule has 0 spiro atoms. The van der Waals surface area contributed by atoms with Gasteiger partial charge in [0.1, 0.15) is 5.70 Å². The van der Waals surface area contributed by atoms with E-state index in [4.69, 9.17) is 0 Å². The minimum Gasteiger partial charge on any atom is -0.342 e. The summed E-state index contributed by atoms with van der Waals surface area (Å²) in [6, 6.07) is 3.76. The predicted octanol–water partition coefficient (Wildman–Crippen LogP) is 1.10. The second-order valence-corrected chi connectivity index (χ2v) is 5.43. The Balaban J connectivity index is 2.24. The number of rotatable bonds is 1. The smallest absolute Gasteiger partial charge is 0.268 e. The first kappa shape index (κ1) is 10.4. The molecule has 1 aliphatic heterocycles. The lowest BCUT2D eigenvalue weighted by Crippen LogP contribution is -2.46. The van der Waals surface area contributed by atoms with E-state index in [1.807, 2.05) is 12.1 Å². The maximum Gasteiger partial charge on any atom is 0.268 e. The van der Waals surface area contributed by atoms with Crippen molar-refractivity contribution in [2.24, 2.45) is 0 Å². The third kappa shape index (κ3) is 2.45. The molecule has 1 aromatic heterocycles. The van der Waals surface area contributed by atoms with Crippen LogP contribution in [0.2, 0.25) is 0 Å². The van der Waals surface area contributed by atoms with Crippen molar-refractivity contribution in [1.29, 1.82) is 0 Å². The molecule has 6 heteroatoms. The van der Waals surface area contributed by atoms with Gasteiger partial charge >= 0.3 is 0 Å². The third-order valence-corrected chi connectivity index (χ3v) is 3.38. The molecule has 1 aromatic rings. The summed E-state index contributed by atoms with van der Waals surface area (Å²) in [5.41, 5.74) is 0.292. The summed E-state index contributed by atoms with van der Waals surface area (Å²) in [5, 5.41) is 5.01. The van der Waals surface area contributed by atoms with Gasteiger partial charge in [-0.3, -0.25) is 9.59 Å². The van der Waals surface area contributed by atoms with Crippen LogP contribution in [0.1, 0.15) is 4.88 Å². The van der Waals surface area contributed by atoms with Crippen molar-refractivity contribution in [3.63, 3.8) is 0 Å². The van der Waals surface area contributed by atoms with Crippen LogP contribution < -0.4 is 10.6 Å². The second kappa shape index (κ2) is 4.16. The van der Waals surface area contributed by atoms with E-state index < -0.39 is 0 Å². The lowest BCUT2D eigenvalue weighted by molar-refractivity contribution is -0.127. The summed E-state index contributed by atoms with van der Waals surface area (Å²) < 4.78 is 0.983. The first-order chi connectivity index (χ1) is 7.15. The van der Waals surface area contributed by atoms with E-state index in [0.29, 0.717) is 5.70 Å². The van der Waals surface area contributed by atoms with Crippen LogP contribution in [0.5, 0.6) is 0 Å². The van der Waals surface area contributed by atoms with Gasteiger partial charge in [0.25, 0.3) is 5.91 Å². The second-order valence-electron chi connectivity index (χ2n) is 2.93. The number of amides is 2. The van der Waals surface area contributed by atoms with E-state index in [2.05, 4.69) is 26.6 Å². The van der Waals surface area contributed by atoms with E-state index in [9.17, 15) is 9.59 Å². The lowest BCUT2D eigenvalue weighted by Gasteiger charge is -2.15. The number of thiophene rings is 1. The molecule has 1 fully saturated rings. The number of nitrogens with one attached hydrogen (secondary N) is 2. The van der Waals surface area contributed by atoms with E-state index >= 15 is 0 Å². The van der Waals surface area contributed by atoms with E-state index in [-0.39, 0.29) is 18.4 Å². The Morgan fingerprint density at radius 3 is 2.87 bits per heavy atom. The van der Waals surface area contributed by atoms with Crippen molar-refractivity contribution < 1.29 is 9.59 Å². The highest BCUT2D eigenvalue weighted by Gasteiger charge is 2.19. The van der Waals surface area contributed by atoms with Crippen LogP contribution in [0.15, 0.2) is 21.6 Å². The molecule has 1 aliphatic rings. The number of piperazine rings is 1. The van der Waals surface area contributed by atoms with Gasteiger partial charge < -0.3 is 10.6 Å². The van der Waals surface area contributed by atoms with Crippen LogP contribution in [0.3, 0.4) is 0 Å². The SMILES string of the molecule is O=C1CNC(=O)C(=Cc2ccc(Br)s2)N1. The Morgan fingerprint density at radius 1 is 1.40 bits per heavy atom. The molecule has 0 aromatic carbocycles. The maximum atomic E-state index is 11.3. The number of carbonyl (C=O) groups is 2. The Kier molecular flexibility index (Phi) is 2.88. The van der Waals surface area contributed by atoms with Gasteiger partial charge in [0.05, 0.1) is 10.3 Å². The van der Waals surface area contributed by atoms with Gasteiger partial charge in [-0.2, -0.15) is 0 Å². The largest absolute Gasteiger partial charge is 0.342 e. The van der Waals surface area contributed by atoms with Gasteiger partial charge in [-0.1, -0.05) is 0 Å². The number of hydrogen-bond donors (Lipinski definition) is 2. The molecule has 78 valence electrons. The molecular formula is C9H7BrN2O2S. The molecule has 2 heterocycles. The summed E-state index contributed by atoms with van der Waals surface area (Å²) in [6.45, 7) is 0.0459. The van der Waals surface area contributed by atoms with Crippen molar-refractivity contribution in [2.75, 3.05) is 6.54 Å². The topological polar surface area (TPSA) is 58.2 Å². The number of hydrogen-bond acceptors (Lipinski definition) is 3. The molecule has 0 radical (unpaired) electrons. The van der Waals surface area contributed by atoms with E-state index in [0.717, 1.165) is 8.66 Å². The van der Waals surface area contributed by atoms with Crippen molar-refractivity contribution in [1.82, 2.24) is 10.6 Å². The highest BCUT2D eigenvalue weighted by atomic mass is 79.9. The average molecular weight is 287 g/mol. The molecule has 0 atom stereocenters. The van der Waals surface area contributed by atoms with Crippen molar-refractivity contribution >= 4 is 45.2 Å². The minimum absolute atomic E-state index is 0.0459. The molecule has 0 aliphatic carbocycles. The van der Waals surface area contributed by atoms with Gasteiger partial charge in [0.2, 0.25) is 5.91 Å². The summed E-state index contributed by atoms with van der Waals surface area (Å²) in [5.74, 6) is -0.449. The fraction of sp³-hybridized carbons (Fsp3) is 0.111. The molecule has 1 saturated heterocycles. The summed E-state index contributed by atoms with van der Waals surface area (Å²) in [4.78, 5) is 23.3. The van der Waals surface area contributed by atoms with Crippen molar-refractivity contribution in [3.8, 4) is 0 Å². The lowest BCUT2D eigenvalue weighted by atomic mass is 10.3. The molecule has 0 unspecified atom stereocenters. The zero-order chi connectivity index (χ0) is 10.8. The van der Waals surface area contributed by atoms with Crippen LogP contribution in [0.4, 0.5) is 0 Å². The first-order valence-corrected chi connectivity index (χ1v) is 5.81.